The van der Waals surface area contributed by atoms with E-state index in [1.165, 1.54) is 12.8 Å². The molecule has 70 valence electrons. The lowest BCUT2D eigenvalue weighted by molar-refractivity contribution is 0.00129. The summed E-state index contributed by atoms with van der Waals surface area (Å²) in [6, 6.07) is 0. The molecule has 2 aliphatic rings. The molecule has 4 atom stereocenters. The van der Waals surface area contributed by atoms with Crippen molar-refractivity contribution in [3.8, 4) is 0 Å². The summed E-state index contributed by atoms with van der Waals surface area (Å²) in [5.74, 6) is 5.34. The predicted octanol–water partition coefficient (Wildman–Crippen LogP) is 3.71. The SMILES string of the molecule is CC(C)CC1C(C)C2CCCC21. The van der Waals surface area contributed by atoms with Crippen molar-refractivity contribution in [2.24, 2.45) is 29.6 Å². The molecule has 2 rings (SSSR count). The van der Waals surface area contributed by atoms with Gasteiger partial charge in [0, 0.05) is 0 Å². The maximum atomic E-state index is 2.49. The number of hydrogen-bond donors (Lipinski definition) is 0. The van der Waals surface area contributed by atoms with Gasteiger partial charge < -0.3 is 0 Å². The first-order chi connectivity index (χ1) is 5.70. The van der Waals surface area contributed by atoms with Crippen molar-refractivity contribution in [3.63, 3.8) is 0 Å². The minimum atomic E-state index is 0.916. The lowest BCUT2D eigenvalue weighted by Gasteiger charge is -2.48. The van der Waals surface area contributed by atoms with Crippen LogP contribution >= 0.6 is 0 Å². The Kier molecular flexibility index (Phi) is 2.18. The maximum Gasteiger partial charge on any atom is -0.0352 e. The van der Waals surface area contributed by atoms with Crippen LogP contribution in [0.15, 0.2) is 0 Å². The molecule has 12 heavy (non-hydrogen) atoms. The zero-order valence-electron chi connectivity index (χ0n) is 8.72. The van der Waals surface area contributed by atoms with Crippen LogP contribution in [-0.4, -0.2) is 0 Å². The topological polar surface area (TPSA) is 0 Å². The highest BCUT2D eigenvalue weighted by molar-refractivity contribution is 4.98. The summed E-state index contributed by atoms with van der Waals surface area (Å²) in [6.07, 6.45) is 6.10. The minimum absolute atomic E-state index is 0.916. The molecule has 0 aromatic heterocycles. The monoisotopic (exact) mass is 166 g/mol. The summed E-state index contributed by atoms with van der Waals surface area (Å²) in [5, 5.41) is 0. The average molecular weight is 166 g/mol. The molecular weight excluding hydrogens is 144 g/mol. The van der Waals surface area contributed by atoms with Crippen LogP contribution in [0.1, 0.15) is 46.5 Å². The number of hydrogen-bond acceptors (Lipinski definition) is 0. The second-order valence-corrected chi connectivity index (χ2v) is 5.41. The summed E-state index contributed by atoms with van der Waals surface area (Å²) in [4.78, 5) is 0. The molecule has 0 saturated heterocycles. The Bertz CT molecular complexity index is 159. The third-order valence-electron chi connectivity index (χ3n) is 4.27. The van der Waals surface area contributed by atoms with Gasteiger partial charge in [-0.1, -0.05) is 27.2 Å². The Labute approximate surface area is 76.7 Å². The van der Waals surface area contributed by atoms with Gasteiger partial charge in [0.1, 0.15) is 0 Å². The van der Waals surface area contributed by atoms with Gasteiger partial charge in [0.15, 0.2) is 0 Å². The van der Waals surface area contributed by atoms with E-state index in [9.17, 15) is 0 Å². The lowest BCUT2D eigenvalue weighted by atomic mass is 9.57. The Morgan fingerprint density at radius 3 is 2.50 bits per heavy atom. The molecule has 0 aromatic carbocycles. The Hall–Kier alpha value is 0. The van der Waals surface area contributed by atoms with E-state index < -0.39 is 0 Å². The standard InChI is InChI=1S/C12H22/c1-8(2)7-12-9(3)10-5-4-6-11(10)12/h8-12H,4-7H2,1-3H3. The van der Waals surface area contributed by atoms with Crippen molar-refractivity contribution >= 4 is 0 Å². The normalized spacial score (nSPS) is 46.0. The zero-order chi connectivity index (χ0) is 8.72. The van der Waals surface area contributed by atoms with Crippen LogP contribution < -0.4 is 0 Å². The van der Waals surface area contributed by atoms with E-state index in [2.05, 4.69) is 20.8 Å². The molecule has 0 heterocycles. The van der Waals surface area contributed by atoms with Gasteiger partial charge in [-0.25, -0.2) is 0 Å². The molecule has 0 amide bonds. The van der Waals surface area contributed by atoms with E-state index in [0.717, 1.165) is 29.6 Å². The van der Waals surface area contributed by atoms with Gasteiger partial charge in [0.2, 0.25) is 0 Å². The zero-order valence-corrected chi connectivity index (χ0v) is 8.72. The fourth-order valence-corrected chi connectivity index (χ4v) is 3.70. The van der Waals surface area contributed by atoms with E-state index >= 15 is 0 Å². The second kappa shape index (κ2) is 3.05. The predicted molar refractivity (Wildman–Crippen MR) is 52.9 cm³/mol. The van der Waals surface area contributed by atoms with Crippen LogP contribution in [0.25, 0.3) is 0 Å². The van der Waals surface area contributed by atoms with Crippen molar-refractivity contribution in [2.45, 2.75) is 46.5 Å². The van der Waals surface area contributed by atoms with Crippen LogP contribution in [0.5, 0.6) is 0 Å². The van der Waals surface area contributed by atoms with Gasteiger partial charge >= 0.3 is 0 Å². The quantitative estimate of drug-likeness (QED) is 0.586. The molecule has 2 saturated carbocycles. The van der Waals surface area contributed by atoms with Crippen molar-refractivity contribution in [3.05, 3.63) is 0 Å². The Morgan fingerprint density at radius 2 is 1.83 bits per heavy atom. The molecule has 0 heteroatoms. The highest BCUT2D eigenvalue weighted by Crippen LogP contribution is 2.56. The van der Waals surface area contributed by atoms with Gasteiger partial charge in [-0.05, 0) is 48.9 Å². The highest BCUT2D eigenvalue weighted by Gasteiger charge is 2.49. The highest BCUT2D eigenvalue weighted by atomic mass is 14.5. The Balaban J connectivity index is 1.91. The van der Waals surface area contributed by atoms with Gasteiger partial charge in [-0.15, -0.1) is 0 Å². The molecule has 0 aliphatic heterocycles. The fourth-order valence-electron chi connectivity index (χ4n) is 3.70. The van der Waals surface area contributed by atoms with Crippen molar-refractivity contribution in [1.29, 1.82) is 0 Å². The third kappa shape index (κ3) is 1.20. The lowest BCUT2D eigenvalue weighted by Crippen LogP contribution is -2.42. The van der Waals surface area contributed by atoms with Crippen LogP contribution in [-0.2, 0) is 0 Å². The summed E-state index contributed by atoms with van der Waals surface area (Å²) >= 11 is 0. The van der Waals surface area contributed by atoms with Crippen LogP contribution in [0.3, 0.4) is 0 Å². The van der Waals surface area contributed by atoms with Gasteiger partial charge in [0.25, 0.3) is 0 Å². The molecule has 0 radical (unpaired) electrons. The molecule has 2 fully saturated rings. The molecule has 0 nitrogen and oxygen atoms in total. The molecule has 0 aromatic rings. The first-order valence-electron chi connectivity index (χ1n) is 5.70. The summed E-state index contributed by atoms with van der Waals surface area (Å²) in [5.41, 5.74) is 0. The maximum absolute atomic E-state index is 2.49. The first kappa shape index (κ1) is 8.59. The summed E-state index contributed by atoms with van der Waals surface area (Å²) in [6.45, 7) is 7.23. The minimum Gasteiger partial charge on any atom is -0.0628 e. The van der Waals surface area contributed by atoms with Crippen molar-refractivity contribution < 1.29 is 0 Å². The average Bonchev–Trinajstić information content (AvgIpc) is 2.44. The van der Waals surface area contributed by atoms with E-state index in [0.29, 0.717) is 0 Å². The van der Waals surface area contributed by atoms with Gasteiger partial charge in [-0.2, -0.15) is 0 Å². The van der Waals surface area contributed by atoms with E-state index in [1.54, 1.807) is 12.8 Å². The number of fused-ring (bicyclic) bond motifs is 1. The van der Waals surface area contributed by atoms with E-state index in [1.807, 2.05) is 0 Å². The molecular formula is C12H22. The summed E-state index contributed by atoms with van der Waals surface area (Å²) < 4.78 is 0. The first-order valence-corrected chi connectivity index (χ1v) is 5.70. The second-order valence-electron chi connectivity index (χ2n) is 5.41. The smallest absolute Gasteiger partial charge is 0.0352 e. The van der Waals surface area contributed by atoms with Crippen molar-refractivity contribution in [1.82, 2.24) is 0 Å². The van der Waals surface area contributed by atoms with Crippen molar-refractivity contribution in [2.75, 3.05) is 0 Å². The largest absolute Gasteiger partial charge is 0.0628 e. The molecule has 0 spiro atoms. The Morgan fingerprint density at radius 1 is 1.17 bits per heavy atom. The van der Waals surface area contributed by atoms with Gasteiger partial charge in [-0.3, -0.25) is 0 Å². The van der Waals surface area contributed by atoms with Gasteiger partial charge in [0.05, 0.1) is 0 Å². The van der Waals surface area contributed by atoms with E-state index in [-0.39, 0.29) is 0 Å². The molecule has 0 N–H and O–H groups in total. The third-order valence-corrected chi connectivity index (χ3v) is 4.27. The van der Waals surface area contributed by atoms with E-state index in [4.69, 9.17) is 0 Å². The van der Waals surface area contributed by atoms with Crippen LogP contribution in [0, 0.1) is 29.6 Å². The fraction of sp³-hybridized carbons (Fsp3) is 1.00. The van der Waals surface area contributed by atoms with Crippen LogP contribution in [0.4, 0.5) is 0 Å². The van der Waals surface area contributed by atoms with Crippen LogP contribution in [0.2, 0.25) is 0 Å². The molecule has 2 aliphatic carbocycles. The number of rotatable bonds is 2. The summed E-state index contributed by atoms with van der Waals surface area (Å²) in [7, 11) is 0. The molecule has 0 bridgehead atoms. The molecule has 4 unspecified atom stereocenters.